The first kappa shape index (κ1) is 69.8. The van der Waals surface area contributed by atoms with Gasteiger partial charge in [0.15, 0.2) is 6.10 Å². The Bertz CT molecular complexity index is 1360. The molecule has 0 N–H and O–H groups in total. The first-order chi connectivity index (χ1) is 36.0. The summed E-state index contributed by atoms with van der Waals surface area (Å²) < 4.78 is 16.9. The molecule has 0 aliphatic heterocycles. The fourth-order valence-corrected chi connectivity index (χ4v) is 8.89. The van der Waals surface area contributed by atoms with Crippen LogP contribution in [0.3, 0.4) is 0 Å². The molecule has 1 atom stereocenters. The molecule has 0 aromatic heterocycles. The highest BCUT2D eigenvalue weighted by atomic mass is 16.6. The van der Waals surface area contributed by atoms with Crippen LogP contribution in [-0.2, 0) is 28.6 Å². The second-order valence-corrected chi connectivity index (χ2v) is 21.0. The maximum absolute atomic E-state index is 12.9. The van der Waals surface area contributed by atoms with Crippen LogP contribution in [0.25, 0.3) is 0 Å². The lowest BCUT2D eigenvalue weighted by Gasteiger charge is -2.18. The number of hydrogen-bond donors (Lipinski definition) is 0. The van der Waals surface area contributed by atoms with E-state index in [9.17, 15) is 14.4 Å². The van der Waals surface area contributed by atoms with E-state index >= 15 is 0 Å². The molecule has 0 saturated heterocycles. The Morgan fingerprint density at radius 2 is 0.493 bits per heavy atom. The van der Waals surface area contributed by atoms with Gasteiger partial charge in [-0.3, -0.25) is 14.4 Å². The molecule has 6 heteroatoms. The summed E-state index contributed by atoms with van der Waals surface area (Å²) in [5, 5.41) is 0. The van der Waals surface area contributed by atoms with E-state index in [4.69, 9.17) is 14.2 Å². The maximum Gasteiger partial charge on any atom is 0.306 e. The number of carbonyl (C=O) groups is 3. The Labute approximate surface area is 453 Å². The Balaban J connectivity index is 4.41. The van der Waals surface area contributed by atoms with Crippen molar-refractivity contribution >= 4 is 17.9 Å². The van der Waals surface area contributed by atoms with Crippen molar-refractivity contribution in [3.63, 3.8) is 0 Å². The van der Waals surface area contributed by atoms with Crippen molar-refractivity contribution < 1.29 is 28.6 Å². The average Bonchev–Trinajstić information content (AvgIpc) is 3.39. The highest BCUT2D eigenvalue weighted by Gasteiger charge is 2.19. The summed E-state index contributed by atoms with van der Waals surface area (Å²) in [4.78, 5) is 38.3. The molecular weight excluding hydrogens is 901 g/mol. The van der Waals surface area contributed by atoms with Crippen LogP contribution in [0.5, 0.6) is 0 Å². The number of rotatable bonds is 57. The van der Waals surface area contributed by atoms with Gasteiger partial charge in [0.25, 0.3) is 0 Å². The van der Waals surface area contributed by atoms with Gasteiger partial charge in [-0.2, -0.15) is 0 Å². The number of carbonyl (C=O) groups excluding carboxylic acids is 3. The van der Waals surface area contributed by atoms with Crippen molar-refractivity contribution in [2.45, 2.75) is 322 Å². The lowest BCUT2D eigenvalue weighted by Crippen LogP contribution is -2.30. The maximum atomic E-state index is 12.9. The minimum Gasteiger partial charge on any atom is -0.462 e. The summed E-state index contributed by atoms with van der Waals surface area (Å²) in [6.45, 7) is 6.60. The van der Waals surface area contributed by atoms with Crippen molar-refractivity contribution in [2.24, 2.45) is 0 Å². The molecule has 0 rings (SSSR count). The summed E-state index contributed by atoms with van der Waals surface area (Å²) in [6, 6.07) is 0. The van der Waals surface area contributed by atoms with Gasteiger partial charge in [-0.1, -0.05) is 254 Å². The van der Waals surface area contributed by atoms with Crippen LogP contribution in [-0.4, -0.2) is 37.2 Å². The van der Waals surface area contributed by atoms with E-state index < -0.39 is 6.10 Å². The van der Waals surface area contributed by atoms with E-state index in [-0.39, 0.29) is 31.1 Å². The van der Waals surface area contributed by atoms with Crippen molar-refractivity contribution in [3.8, 4) is 0 Å². The standard InChI is InChI=1S/C67H118O6/c1-4-7-10-13-16-19-22-25-28-30-32-33-35-36-39-42-45-48-51-54-57-60-66(69)72-63-64(62-71-65(68)59-56-53-50-47-44-41-38-27-24-21-18-15-12-9-6-3)73-67(70)61-58-55-52-49-46-43-40-37-34-31-29-26-23-20-17-14-11-8-5-2/h17,20,25-29,34,37-38,43,46,64H,4-16,18-19,21-24,30-33,35-36,39-42,44-45,47-63H2,1-3H3/b20-17-,28-25-,29-26-,37-34-,38-27-,46-43-/t64-/m0/s1. The van der Waals surface area contributed by atoms with E-state index in [1.54, 1.807) is 0 Å². The molecule has 0 saturated carbocycles. The molecule has 0 heterocycles. The normalized spacial score (nSPS) is 12.5. The topological polar surface area (TPSA) is 78.9 Å². The zero-order valence-electron chi connectivity index (χ0n) is 48.4. The second kappa shape index (κ2) is 61.4. The van der Waals surface area contributed by atoms with E-state index in [1.165, 1.54) is 186 Å². The minimum absolute atomic E-state index is 0.0900. The predicted molar refractivity (Wildman–Crippen MR) is 316 cm³/mol. The Morgan fingerprint density at radius 3 is 0.822 bits per heavy atom. The fourth-order valence-electron chi connectivity index (χ4n) is 8.89. The Kier molecular flexibility index (Phi) is 58.7. The fraction of sp³-hybridized carbons (Fsp3) is 0.776. The molecule has 73 heavy (non-hydrogen) atoms. The summed E-state index contributed by atoms with van der Waals surface area (Å²) in [6.07, 6.45) is 79.0. The largest absolute Gasteiger partial charge is 0.462 e. The number of unbranched alkanes of at least 4 members (excludes halogenated alkanes) is 34. The molecular formula is C67H118O6. The van der Waals surface area contributed by atoms with Crippen molar-refractivity contribution in [2.75, 3.05) is 13.2 Å². The summed E-state index contributed by atoms with van der Waals surface area (Å²) in [5.74, 6) is -0.918. The van der Waals surface area contributed by atoms with Gasteiger partial charge in [-0.05, 0) is 116 Å². The molecule has 0 fully saturated rings. The lowest BCUT2D eigenvalue weighted by molar-refractivity contribution is -0.167. The minimum atomic E-state index is -0.797. The quantitative estimate of drug-likeness (QED) is 0.0261. The number of ether oxygens (including phenoxy) is 3. The van der Waals surface area contributed by atoms with Crippen LogP contribution in [0.1, 0.15) is 316 Å². The SMILES string of the molecule is CCCCC/C=C\C/C=C\C/C=C\C/C=C\CCCCCC(=O)O[C@@H](COC(=O)CCCCCCC/C=C\CCCCCCCC)COC(=O)CCCCCCCCCCCCC/C=C\CCCCCCCC. The van der Waals surface area contributed by atoms with Gasteiger partial charge in [0.1, 0.15) is 13.2 Å². The Hall–Kier alpha value is -3.15. The first-order valence-electron chi connectivity index (χ1n) is 31.4. The van der Waals surface area contributed by atoms with Gasteiger partial charge < -0.3 is 14.2 Å². The summed E-state index contributed by atoms with van der Waals surface area (Å²) in [7, 11) is 0. The number of allylic oxidation sites excluding steroid dienone is 12. The van der Waals surface area contributed by atoms with Crippen LogP contribution in [0, 0.1) is 0 Å². The van der Waals surface area contributed by atoms with Gasteiger partial charge in [0.2, 0.25) is 0 Å². The van der Waals surface area contributed by atoms with E-state index in [0.717, 1.165) is 89.9 Å². The molecule has 0 aromatic rings. The summed E-state index contributed by atoms with van der Waals surface area (Å²) in [5.41, 5.74) is 0. The number of hydrogen-bond acceptors (Lipinski definition) is 6. The highest BCUT2D eigenvalue weighted by molar-refractivity contribution is 5.71. The molecule has 0 amide bonds. The molecule has 0 unspecified atom stereocenters. The molecule has 0 spiro atoms. The molecule has 422 valence electrons. The van der Waals surface area contributed by atoms with Crippen LogP contribution in [0.15, 0.2) is 72.9 Å². The van der Waals surface area contributed by atoms with Gasteiger partial charge in [-0.15, -0.1) is 0 Å². The van der Waals surface area contributed by atoms with Crippen molar-refractivity contribution in [1.82, 2.24) is 0 Å². The van der Waals surface area contributed by atoms with E-state index in [2.05, 4.69) is 93.7 Å². The van der Waals surface area contributed by atoms with Crippen LogP contribution in [0.4, 0.5) is 0 Å². The van der Waals surface area contributed by atoms with E-state index in [1.807, 2.05) is 0 Å². The third-order valence-electron chi connectivity index (χ3n) is 13.7. The second-order valence-electron chi connectivity index (χ2n) is 21.0. The molecule has 0 aromatic carbocycles. The zero-order valence-corrected chi connectivity index (χ0v) is 48.4. The smallest absolute Gasteiger partial charge is 0.306 e. The van der Waals surface area contributed by atoms with Crippen molar-refractivity contribution in [3.05, 3.63) is 72.9 Å². The molecule has 0 aliphatic carbocycles. The molecule has 6 nitrogen and oxygen atoms in total. The third-order valence-corrected chi connectivity index (χ3v) is 13.7. The Morgan fingerprint density at radius 1 is 0.274 bits per heavy atom. The van der Waals surface area contributed by atoms with Gasteiger partial charge in [0.05, 0.1) is 0 Å². The zero-order chi connectivity index (χ0) is 52.9. The molecule has 0 aliphatic rings. The highest BCUT2D eigenvalue weighted by Crippen LogP contribution is 2.16. The van der Waals surface area contributed by atoms with E-state index in [0.29, 0.717) is 19.3 Å². The predicted octanol–water partition coefficient (Wildman–Crippen LogP) is 21.3. The molecule has 0 bridgehead atoms. The third kappa shape index (κ3) is 59.6. The van der Waals surface area contributed by atoms with Crippen LogP contribution < -0.4 is 0 Å². The van der Waals surface area contributed by atoms with Crippen molar-refractivity contribution in [1.29, 1.82) is 0 Å². The first-order valence-corrected chi connectivity index (χ1v) is 31.4. The molecule has 0 radical (unpaired) electrons. The van der Waals surface area contributed by atoms with Gasteiger partial charge >= 0.3 is 17.9 Å². The van der Waals surface area contributed by atoms with Gasteiger partial charge in [-0.25, -0.2) is 0 Å². The average molecular weight is 1020 g/mol. The number of esters is 3. The monoisotopic (exact) mass is 1020 g/mol. The van der Waals surface area contributed by atoms with Crippen LogP contribution in [0.2, 0.25) is 0 Å². The lowest BCUT2D eigenvalue weighted by atomic mass is 10.0. The van der Waals surface area contributed by atoms with Gasteiger partial charge in [0, 0.05) is 19.3 Å². The van der Waals surface area contributed by atoms with Crippen LogP contribution >= 0.6 is 0 Å². The summed E-state index contributed by atoms with van der Waals surface area (Å²) >= 11 is 0.